The normalized spacial score (nSPS) is 25.6. The average molecular weight is 374 g/mol. The van der Waals surface area contributed by atoms with E-state index in [2.05, 4.69) is 29.3 Å². The third kappa shape index (κ3) is 4.50. The van der Waals surface area contributed by atoms with Gasteiger partial charge in [0.2, 0.25) is 5.91 Å². The van der Waals surface area contributed by atoms with Crippen molar-refractivity contribution in [2.45, 2.75) is 56.7 Å². The van der Waals surface area contributed by atoms with E-state index in [9.17, 15) is 9.59 Å². The molecule has 2 aliphatic rings. The molecule has 1 saturated heterocycles. The number of nitrogens with zero attached hydrogens (tertiary/aromatic N) is 1. The van der Waals surface area contributed by atoms with Crippen LogP contribution in [0.5, 0.6) is 0 Å². The number of methoxy groups -OCH3 is 1. The van der Waals surface area contributed by atoms with E-state index in [0.717, 1.165) is 24.8 Å². The van der Waals surface area contributed by atoms with Crippen LogP contribution >= 0.6 is 0 Å². The number of nitrogens with one attached hydrogen (secondary N) is 1. The number of carbonyl (C=O) groups is 2. The Morgan fingerprint density at radius 2 is 1.89 bits per heavy atom. The summed E-state index contributed by atoms with van der Waals surface area (Å²) in [7, 11) is 1.39. The summed E-state index contributed by atoms with van der Waals surface area (Å²) < 4.78 is 10.7. The summed E-state index contributed by atoms with van der Waals surface area (Å²) in [6.07, 6.45) is 4.23. The Bertz CT molecular complexity index is 643. The summed E-state index contributed by atoms with van der Waals surface area (Å²) in [5.74, 6) is -0.456. The molecule has 1 N–H and O–H groups in total. The number of morpholine rings is 1. The van der Waals surface area contributed by atoms with E-state index in [-0.39, 0.29) is 30.5 Å². The largest absolute Gasteiger partial charge is 0.467 e. The summed E-state index contributed by atoms with van der Waals surface area (Å²) in [5.41, 5.74) is 0.263. The van der Waals surface area contributed by atoms with Crippen molar-refractivity contribution in [2.75, 3.05) is 26.9 Å². The van der Waals surface area contributed by atoms with Gasteiger partial charge in [-0.2, -0.15) is 0 Å². The van der Waals surface area contributed by atoms with Gasteiger partial charge in [-0.3, -0.25) is 9.69 Å². The maximum absolute atomic E-state index is 12.9. The van der Waals surface area contributed by atoms with Gasteiger partial charge < -0.3 is 14.8 Å². The summed E-state index contributed by atoms with van der Waals surface area (Å²) in [6.45, 7) is 3.46. The van der Waals surface area contributed by atoms with Crippen LogP contribution in [-0.4, -0.2) is 55.2 Å². The molecule has 1 aromatic carbocycles. The Morgan fingerprint density at radius 1 is 1.19 bits per heavy atom. The van der Waals surface area contributed by atoms with E-state index in [0.29, 0.717) is 26.1 Å². The fraction of sp³-hybridized carbons (Fsp3) is 0.619. The number of ether oxygens (including phenoxy) is 2. The topological polar surface area (TPSA) is 67.9 Å². The minimum atomic E-state index is -0.873. The summed E-state index contributed by atoms with van der Waals surface area (Å²) in [4.78, 5) is 27.5. The maximum Gasteiger partial charge on any atom is 0.331 e. The van der Waals surface area contributed by atoms with Crippen molar-refractivity contribution in [1.82, 2.24) is 10.2 Å². The molecule has 1 saturated carbocycles. The molecule has 1 aromatic rings. The Kier molecular flexibility index (Phi) is 6.50. The molecule has 0 bridgehead atoms. The van der Waals surface area contributed by atoms with Crippen molar-refractivity contribution >= 4 is 11.9 Å². The zero-order chi connectivity index (χ0) is 19.3. The van der Waals surface area contributed by atoms with Crippen LogP contribution < -0.4 is 5.32 Å². The lowest BCUT2D eigenvalue weighted by molar-refractivity contribution is -0.153. The molecule has 2 fully saturated rings. The minimum Gasteiger partial charge on any atom is -0.467 e. The van der Waals surface area contributed by atoms with E-state index < -0.39 is 5.54 Å². The maximum atomic E-state index is 12.9. The molecular formula is C21H30N2O4. The highest BCUT2D eigenvalue weighted by atomic mass is 16.5. The van der Waals surface area contributed by atoms with Crippen molar-refractivity contribution in [2.24, 2.45) is 0 Å². The molecule has 0 spiro atoms. The molecule has 3 rings (SSSR count). The molecule has 1 amide bonds. The first-order valence-electron chi connectivity index (χ1n) is 9.83. The van der Waals surface area contributed by atoms with Gasteiger partial charge in [0, 0.05) is 6.04 Å². The molecule has 6 heteroatoms. The highest BCUT2D eigenvalue weighted by Gasteiger charge is 2.42. The molecule has 1 aliphatic carbocycles. The third-order valence-corrected chi connectivity index (χ3v) is 5.77. The smallest absolute Gasteiger partial charge is 0.331 e. The number of amides is 1. The van der Waals surface area contributed by atoms with Gasteiger partial charge in [-0.25, -0.2) is 4.79 Å². The number of carbonyl (C=O) groups excluding carboxylic acids is 2. The van der Waals surface area contributed by atoms with Gasteiger partial charge in [0.05, 0.1) is 32.9 Å². The van der Waals surface area contributed by atoms with Crippen molar-refractivity contribution in [1.29, 1.82) is 0 Å². The first kappa shape index (κ1) is 19.8. The van der Waals surface area contributed by atoms with E-state index in [1.807, 2.05) is 18.2 Å². The number of hydrogen-bond donors (Lipinski definition) is 1. The fourth-order valence-corrected chi connectivity index (χ4v) is 4.28. The fourth-order valence-electron chi connectivity index (χ4n) is 4.28. The van der Waals surface area contributed by atoms with E-state index >= 15 is 0 Å². The van der Waals surface area contributed by atoms with Crippen LogP contribution in [0.3, 0.4) is 0 Å². The molecule has 27 heavy (non-hydrogen) atoms. The lowest BCUT2D eigenvalue weighted by Gasteiger charge is -2.41. The second-order valence-electron chi connectivity index (χ2n) is 7.67. The molecule has 6 nitrogen and oxygen atoms in total. The van der Waals surface area contributed by atoms with Crippen LogP contribution in [0, 0.1) is 0 Å². The number of benzene rings is 1. The van der Waals surface area contributed by atoms with Gasteiger partial charge in [-0.15, -0.1) is 0 Å². The SMILES string of the molecule is COC(=O)C1(NC(=O)CN2[C@@H](C)COC[C@H]2c2ccccc2)CCCCC1. The molecule has 1 aliphatic heterocycles. The summed E-state index contributed by atoms with van der Waals surface area (Å²) in [6, 6.07) is 10.3. The average Bonchev–Trinajstić information content (AvgIpc) is 2.70. The van der Waals surface area contributed by atoms with Crippen molar-refractivity contribution in [3.8, 4) is 0 Å². The van der Waals surface area contributed by atoms with Crippen LogP contribution in [0.2, 0.25) is 0 Å². The molecule has 0 radical (unpaired) electrons. The van der Waals surface area contributed by atoms with Crippen molar-refractivity contribution < 1.29 is 19.1 Å². The van der Waals surface area contributed by atoms with Gasteiger partial charge in [-0.05, 0) is 25.3 Å². The Balaban J connectivity index is 1.73. The number of hydrogen-bond acceptors (Lipinski definition) is 5. The van der Waals surface area contributed by atoms with E-state index in [1.165, 1.54) is 7.11 Å². The first-order chi connectivity index (χ1) is 13.1. The molecular weight excluding hydrogens is 344 g/mol. The zero-order valence-corrected chi connectivity index (χ0v) is 16.3. The Hall–Kier alpha value is -1.92. The quantitative estimate of drug-likeness (QED) is 0.802. The van der Waals surface area contributed by atoms with Crippen LogP contribution in [0.25, 0.3) is 0 Å². The Morgan fingerprint density at radius 3 is 2.56 bits per heavy atom. The molecule has 148 valence electrons. The van der Waals surface area contributed by atoms with Crippen LogP contribution in [0.4, 0.5) is 0 Å². The summed E-state index contributed by atoms with van der Waals surface area (Å²) >= 11 is 0. The monoisotopic (exact) mass is 374 g/mol. The predicted octanol–water partition coefficient (Wildman–Crippen LogP) is 2.44. The number of rotatable bonds is 5. The predicted molar refractivity (Wildman–Crippen MR) is 102 cm³/mol. The van der Waals surface area contributed by atoms with E-state index in [4.69, 9.17) is 9.47 Å². The molecule has 0 unspecified atom stereocenters. The standard InChI is InChI=1S/C21H30N2O4/c1-16-14-27-15-18(17-9-5-3-6-10-17)23(16)13-19(24)22-21(20(25)26-2)11-7-4-8-12-21/h3,5-6,9-10,16,18H,4,7-8,11-15H2,1-2H3,(H,22,24)/t16-,18-/m0/s1. The van der Waals surface area contributed by atoms with Gasteiger partial charge in [0.1, 0.15) is 5.54 Å². The van der Waals surface area contributed by atoms with Gasteiger partial charge in [0.15, 0.2) is 0 Å². The van der Waals surface area contributed by atoms with E-state index in [1.54, 1.807) is 0 Å². The van der Waals surface area contributed by atoms with Crippen LogP contribution in [-0.2, 0) is 19.1 Å². The minimum absolute atomic E-state index is 0.0288. The highest BCUT2D eigenvalue weighted by Crippen LogP contribution is 2.30. The summed E-state index contributed by atoms with van der Waals surface area (Å²) in [5, 5.41) is 3.03. The highest BCUT2D eigenvalue weighted by molar-refractivity contribution is 5.89. The molecule has 2 atom stereocenters. The zero-order valence-electron chi connectivity index (χ0n) is 16.3. The first-order valence-corrected chi connectivity index (χ1v) is 9.83. The second kappa shape index (κ2) is 8.85. The number of esters is 1. The van der Waals surface area contributed by atoms with Crippen LogP contribution in [0.15, 0.2) is 30.3 Å². The Labute approximate surface area is 161 Å². The van der Waals surface area contributed by atoms with Crippen LogP contribution in [0.1, 0.15) is 50.6 Å². The lowest BCUT2D eigenvalue weighted by Crippen LogP contribution is -2.59. The van der Waals surface area contributed by atoms with Crippen molar-refractivity contribution in [3.63, 3.8) is 0 Å². The molecule has 1 heterocycles. The van der Waals surface area contributed by atoms with Gasteiger partial charge in [0.25, 0.3) is 0 Å². The lowest BCUT2D eigenvalue weighted by atomic mass is 9.81. The second-order valence-corrected chi connectivity index (χ2v) is 7.67. The molecule has 0 aromatic heterocycles. The van der Waals surface area contributed by atoms with Gasteiger partial charge >= 0.3 is 5.97 Å². The van der Waals surface area contributed by atoms with Crippen molar-refractivity contribution in [3.05, 3.63) is 35.9 Å². The van der Waals surface area contributed by atoms with Gasteiger partial charge in [-0.1, -0.05) is 49.6 Å². The third-order valence-electron chi connectivity index (χ3n) is 5.77.